The van der Waals surface area contributed by atoms with Crippen LogP contribution in [0.1, 0.15) is 22.7 Å². The third kappa shape index (κ3) is 4.01. The second-order valence-electron chi connectivity index (χ2n) is 7.03. The van der Waals surface area contributed by atoms with Crippen LogP contribution in [0.25, 0.3) is 5.70 Å². The van der Waals surface area contributed by atoms with Gasteiger partial charge in [-0.1, -0.05) is 57.9 Å². The second kappa shape index (κ2) is 8.26. The molecule has 154 valence electrons. The van der Waals surface area contributed by atoms with Crippen LogP contribution in [-0.4, -0.2) is 19.9 Å². The first-order valence-corrected chi connectivity index (χ1v) is 11.6. The molecule has 1 aliphatic rings. The zero-order valence-corrected chi connectivity index (χ0v) is 18.9. The monoisotopic (exact) mass is 484 g/mol. The van der Waals surface area contributed by atoms with E-state index in [9.17, 15) is 8.42 Å². The minimum atomic E-state index is -3.79. The number of sulfonamides is 1. The Hall–Kier alpha value is -2.61. The van der Waals surface area contributed by atoms with Gasteiger partial charge in [0.2, 0.25) is 0 Å². The van der Waals surface area contributed by atoms with Crippen molar-refractivity contribution in [2.45, 2.75) is 17.9 Å². The van der Waals surface area contributed by atoms with Crippen molar-refractivity contribution in [2.75, 3.05) is 7.11 Å². The topological polar surface area (TPSA) is 58.6 Å². The molecule has 1 N–H and O–H groups in total. The summed E-state index contributed by atoms with van der Waals surface area (Å²) in [4.78, 5) is 0.240. The van der Waals surface area contributed by atoms with Crippen molar-refractivity contribution in [3.8, 4) is 5.75 Å². The Morgan fingerprint density at radius 2 is 1.57 bits per heavy atom. The van der Waals surface area contributed by atoms with Gasteiger partial charge in [-0.15, -0.1) is 4.41 Å². The smallest absolute Gasteiger partial charge is 0.260 e. The van der Waals surface area contributed by atoms with Crippen molar-refractivity contribution in [3.63, 3.8) is 0 Å². The average Bonchev–Trinajstić information content (AvgIpc) is 3.21. The number of halogens is 1. The Labute approximate surface area is 185 Å². The number of methoxy groups -OCH3 is 1. The number of hydrogen-bond acceptors (Lipinski definition) is 4. The molecule has 4 rings (SSSR count). The Morgan fingerprint density at radius 3 is 2.17 bits per heavy atom. The third-order valence-corrected chi connectivity index (χ3v) is 7.23. The number of nitrogens with one attached hydrogen (secondary N) is 1. The Kier molecular flexibility index (Phi) is 5.69. The highest BCUT2D eigenvalue weighted by atomic mass is 79.9. The quantitative estimate of drug-likeness (QED) is 0.549. The Balaban J connectivity index is 1.77. The molecule has 0 amide bonds. The number of hydrogen-bond donors (Lipinski definition) is 1. The number of benzene rings is 3. The summed E-state index contributed by atoms with van der Waals surface area (Å²) < 4.78 is 34.5. The maximum Gasteiger partial charge on any atom is 0.260 e. The van der Waals surface area contributed by atoms with Crippen LogP contribution >= 0.6 is 15.9 Å². The van der Waals surface area contributed by atoms with Gasteiger partial charge in [0, 0.05) is 4.47 Å². The van der Waals surface area contributed by atoms with Gasteiger partial charge in [-0.25, -0.2) is 8.42 Å². The van der Waals surface area contributed by atoms with E-state index in [4.69, 9.17) is 4.74 Å². The van der Waals surface area contributed by atoms with E-state index in [1.807, 2.05) is 61.5 Å². The lowest BCUT2D eigenvalue weighted by molar-refractivity contribution is 0.347. The maximum absolute atomic E-state index is 13.5. The molecule has 0 bridgehead atoms. The molecule has 1 heterocycles. The Bertz CT molecular complexity index is 1170. The fourth-order valence-corrected chi connectivity index (χ4v) is 4.98. The van der Waals surface area contributed by atoms with E-state index < -0.39 is 16.1 Å². The zero-order valence-electron chi connectivity index (χ0n) is 16.5. The molecular weight excluding hydrogens is 464 g/mol. The van der Waals surface area contributed by atoms with Gasteiger partial charge >= 0.3 is 0 Å². The Morgan fingerprint density at radius 1 is 0.933 bits per heavy atom. The first-order chi connectivity index (χ1) is 14.4. The molecule has 1 atom stereocenters. The summed E-state index contributed by atoms with van der Waals surface area (Å²) in [5.41, 5.74) is 6.60. The van der Waals surface area contributed by atoms with Crippen LogP contribution in [0.5, 0.6) is 5.75 Å². The highest BCUT2D eigenvalue weighted by Gasteiger charge is 2.37. The van der Waals surface area contributed by atoms with Crippen molar-refractivity contribution in [3.05, 3.63) is 100 Å². The van der Waals surface area contributed by atoms with E-state index in [1.165, 1.54) is 4.41 Å². The highest BCUT2D eigenvalue weighted by Crippen LogP contribution is 2.36. The standard InChI is InChI=1S/C23H21BrN2O3S/c1-16-3-13-21(14-4-16)30(27,28)26-23(18-7-11-20(29-2)12-8-18)15-22(25-26)17-5-9-19(24)10-6-17/h3-15,23,25H,1-2H3/t23-/m0/s1. The summed E-state index contributed by atoms with van der Waals surface area (Å²) in [5.74, 6) is 0.717. The SMILES string of the molecule is COc1ccc([C@@H]2C=C(c3ccc(Br)cc3)NN2S(=O)(=O)c2ccc(C)cc2)cc1. The summed E-state index contributed by atoms with van der Waals surface area (Å²) in [7, 11) is -2.18. The van der Waals surface area contributed by atoms with E-state index in [1.54, 1.807) is 31.4 Å². The van der Waals surface area contributed by atoms with Gasteiger partial charge in [-0.3, -0.25) is 0 Å². The van der Waals surface area contributed by atoms with Crippen LogP contribution in [0.3, 0.4) is 0 Å². The maximum atomic E-state index is 13.5. The van der Waals surface area contributed by atoms with E-state index in [0.717, 1.165) is 32.6 Å². The molecule has 0 saturated heterocycles. The predicted molar refractivity (Wildman–Crippen MR) is 121 cm³/mol. The summed E-state index contributed by atoms with van der Waals surface area (Å²) in [6.45, 7) is 1.93. The second-order valence-corrected chi connectivity index (χ2v) is 9.76. The fraction of sp³-hybridized carbons (Fsp3) is 0.130. The third-order valence-electron chi connectivity index (χ3n) is 5.00. The molecule has 0 fully saturated rings. The molecule has 3 aromatic carbocycles. The largest absolute Gasteiger partial charge is 0.497 e. The van der Waals surface area contributed by atoms with Gasteiger partial charge in [-0.2, -0.15) is 0 Å². The lowest BCUT2D eigenvalue weighted by Gasteiger charge is -2.25. The number of rotatable bonds is 5. The average molecular weight is 485 g/mol. The van der Waals surface area contributed by atoms with Gasteiger partial charge in [0.1, 0.15) is 5.75 Å². The van der Waals surface area contributed by atoms with Crippen LogP contribution in [0.4, 0.5) is 0 Å². The number of aryl methyl sites for hydroxylation is 1. The lowest BCUT2D eigenvalue weighted by atomic mass is 10.1. The molecule has 0 saturated carbocycles. The molecule has 3 aromatic rings. The molecule has 1 aliphatic heterocycles. The van der Waals surface area contributed by atoms with Crippen LogP contribution < -0.4 is 10.2 Å². The van der Waals surface area contributed by atoms with E-state index >= 15 is 0 Å². The molecule has 30 heavy (non-hydrogen) atoms. The summed E-state index contributed by atoms with van der Waals surface area (Å²) in [6.07, 6.45) is 1.93. The molecule has 0 radical (unpaired) electrons. The summed E-state index contributed by atoms with van der Waals surface area (Å²) in [5, 5.41) is 0. The van der Waals surface area contributed by atoms with Crippen LogP contribution in [0.2, 0.25) is 0 Å². The molecule has 0 spiro atoms. The number of hydrazine groups is 1. The van der Waals surface area contributed by atoms with Gasteiger partial charge in [-0.05, 0) is 60.5 Å². The van der Waals surface area contributed by atoms with E-state index in [-0.39, 0.29) is 4.90 Å². The molecule has 5 nitrogen and oxygen atoms in total. The van der Waals surface area contributed by atoms with Gasteiger partial charge < -0.3 is 10.2 Å². The predicted octanol–water partition coefficient (Wildman–Crippen LogP) is 5.06. The van der Waals surface area contributed by atoms with Crippen LogP contribution in [0.15, 0.2) is 88.2 Å². The summed E-state index contributed by atoms with van der Waals surface area (Å²) in [6, 6.07) is 21.5. The minimum Gasteiger partial charge on any atom is -0.497 e. The molecule has 0 aromatic heterocycles. The molecular formula is C23H21BrN2O3S. The first-order valence-electron chi connectivity index (χ1n) is 9.38. The first kappa shape index (κ1) is 20.7. The van der Waals surface area contributed by atoms with Crippen molar-refractivity contribution < 1.29 is 13.2 Å². The van der Waals surface area contributed by atoms with Crippen molar-refractivity contribution in [1.82, 2.24) is 9.84 Å². The number of ether oxygens (including phenoxy) is 1. The van der Waals surface area contributed by atoms with Crippen molar-refractivity contribution in [2.24, 2.45) is 0 Å². The molecule has 0 unspecified atom stereocenters. The highest BCUT2D eigenvalue weighted by molar-refractivity contribution is 9.10. The van der Waals surface area contributed by atoms with Crippen LogP contribution in [-0.2, 0) is 10.0 Å². The molecule has 0 aliphatic carbocycles. The van der Waals surface area contributed by atoms with Gasteiger partial charge in [0.25, 0.3) is 10.0 Å². The zero-order chi connectivity index (χ0) is 21.3. The lowest BCUT2D eigenvalue weighted by Crippen LogP contribution is -2.39. The minimum absolute atomic E-state index is 0.240. The van der Waals surface area contributed by atoms with Gasteiger partial charge in [0.15, 0.2) is 0 Å². The fourth-order valence-electron chi connectivity index (χ4n) is 3.31. The van der Waals surface area contributed by atoms with Crippen molar-refractivity contribution >= 4 is 31.7 Å². The van der Waals surface area contributed by atoms with Gasteiger partial charge in [0.05, 0.1) is 23.7 Å². The van der Waals surface area contributed by atoms with E-state index in [0.29, 0.717) is 0 Å². The van der Waals surface area contributed by atoms with Crippen LogP contribution in [0, 0.1) is 6.92 Å². The van der Waals surface area contributed by atoms with E-state index in [2.05, 4.69) is 21.4 Å². The van der Waals surface area contributed by atoms with Crippen molar-refractivity contribution in [1.29, 1.82) is 0 Å². The summed E-state index contributed by atoms with van der Waals surface area (Å²) >= 11 is 3.44. The normalized spacial score (nSPS) is 16.8. The number of nitrogens with zero attached hydrogens (tertiary/aromatic N) is 1. The molecule has 7 heteroatoms.